The summed E-state index contributed by atoms with van der Waals surface area (Å²) in [6.07, 6.45) is 1.31. The van der Waals surface area contributed by atoms with E-state index in [2.05, 4.69) is 10.6 Å². The van der Waals surface area contributed by atoms with Gasteiger partial charge in [0, 0.05) is 18.9 Å². The highest BCUT2D eigenvalue weighted by molar-refractivity contribution is 5.97. The van der Waals surface area contributed by atoms with Gasteiger partial charge in [-0.25, -0.2) is 0 Å². The van der Waals surface area contributed by atoms with Gasteiger partial charge in [-0.15, -0.1) is 0 Å². The monoisotopic (exact) mass is 308 g/mol. The molecule has 6 nitrogen and oxygen atoms in total. The van der Waals surface area contributed by atoms with Gasteiger partial charge >= 0.3 is 0 Å². The summed E-state index contributed by atoms with van der Waals surface area (Å²) in [7, 11) is 3.18. The first kappa shape index (κ1) is 16.6. The second-order valence-corrected chi connectivity index (χ2v) is 5.20. The fraction of sp³-hybridized carbons (Fsp3) is 0.562. The largest absolute Gasteiger partial charge is 0.493 e. The van der Waals surface area contributed by atoms with E-state index in [1.165, 1.54) is 0 Å². The molecule has 1 aromatic carbocycles. The molecule has 0 spiro atoms. The van der Waals surface area contributed by atoms with E-state index in [9.17, 15) is 4.79 Å². The molecule has 1 aliphatic rings. The average Bonchev–Trinajstić information content (AvgIpc) is 2.56. The Morgan fingerprint density at radius 1 is 1.27 bits per heavy atom. The van der Waals surface area contributed by atoms with Crippen molar-refractivity contribution in [3.8, 4) is 11.5 Å². The number of amides is 1. The van der Waals surface area contributed by atoms with Crippen LogP contribution in [0, 0.1) is 0 Å². The van der Waals surface area contributed by atoms with Crippen molar-refractivity contribution in [2.45, 2.75) is 25.4 Å². The Morgan fingerprint density at radius 2 is 2.00 bits per heavy atom. The van der Waals surface area contributed by atoms with Crippen LogP contribution in [-0.2, 0) is 9.53 Å². The fourth-order valence-corrected chi connectivity index (χ4v) is 2.62. The topological polar surface area (TPSA) is 68.8 Å². The number of benzene rings is 1. The van der Waals surface area contributed by atoms with Gasteiger partial charge in [0.1, 0.15) is 5.60 Å². The number of carbonyl (C=O) groups excluding carboxylic acids is 1. The molecule has 1 amide bonds. The van der Waals surface area contributed by atoms with E-state index in [0.29, 0.717) is 36.6 Å². The van der Waals surface area contributed by atoms with E-state index in [0.717, 1.165) is 13.1 Å². The lowest BCUT2D eigenvalue weighted by Gasteiger charge is -2.34. The molecule has 0 aliphatic carbocycles. The zero-order valence-corrected chi connectivity index (χ0v) is 13.4. The molecule has 122 valence electrons. The summed E-state index contributed by atoms with van der Waals surface area (Å²) in [6.45, 7) is 3.98. The van der Waals surface area contributed by atoms with Crippen LogP contribution in [0.3, 0.4) is 0 Å². The molecule has 1 fully saturated rings. The summed E-state index contributed by atoms with van der Waals surface area (Å²) in [6, 6.07) is 5.34. The predicted molar refractivity (Wildman–Crippen MR) is 84.6 cm³/mol. The van der Waals surface area contributed by atoms with Crippen molar-refractivity contribution in [3.05, 3.63) is 18.2 Å². The summed E-state index contributed by atoms with van der Waals surface area (Å²) in [5.74, 6) is 1.13. The normalized spacial score (nSPS) is 16.9. The molecule has 6 heteroatoms. The second kappa shape index (κ2) is 7.47. The number of hydrogen-bond donors (Lipinski definition) is 2. The number of hydrogen-bond acceptors (Lipinski definition) is 5. The molecule has 22 heavy (non-hydrogen) atoms. The Kier molecular flexibility index (Phi) is 5.63. The lowest BCUT2D eigenvalue weighted by molar-refractivity contribution is -0.140. The minimum atomic E-state index is -0.767. The van der Waals surface area contributed by atoms with Crippen molar-refractivity contribution >= 4 is 11.6 Å². The van der Waals surface area contributed by atoms with Crippen molar-refractivity contribution in [2.24, 2.45) is 0 Å². The van der Waals surface area contributed by atoms with Crippen LogP contribution in [-0.4, -0.2) is 45.4 Å². The van der Waals surface area contributed by atoms with Gasteiger partial charge in [0.25, 0.3) is 5.91 Å². The summed E-state index contributed by atoms with van der Waals surface area (Å²) in [5.41, 5.74) is -0.0963. The van der Waals surface area contributed by atoms with Gasteiger partial charge in [-0.05, 0) is 45.0 Å². The highest BCUT2D eigenvalue weighted by Gasteiger charge is 2.39. The lowest BCUT2D eigenvalue weighted by Crippen LogP contribution is -2.51. The standard InChI is InChI=1S/C16H24N2O4/c1-4-22-14-11-12(5-6-13(14)20-2)18-15(19)16(21-3)7-9-17-10-8-16/h5-6,11,17H,4,7-10H2,1-3H3,(H,18,19). The third-order valence-electron chi connectivity index (χ3n) is 3.94. The van der Waals surface area contributed by atoms with Crippen molar-refractivity contribution in [3.63, 3.8) is 0 Å². The molecule has 1 heterocycles. The van der Waals surface area contributed by atoms with Crippen molar-refractivity contribution in [1.82, 2.24) is 5.32 Å². The number of anilines is 1. The maximum absolute atomic E-state index is 12.6. The molecule has 1 aromatic rings. The molecule has 1 saturated heterocycles. The van der Waals surface area contributed by atoms with Crippen LogP contribution in [0.2, 0.25) is 0 Å². The average molecular weight is 308 g/mol. The van der Waals surface area contributed by atoms with Crippen LogP contribution in [0.15, 0.2) is 18.2 Å². The number of carbonyl (C=O) groups is 1. The van der Waals surface area contributed by atoms with Crippen LogP contribution in [0.1, 0.15) is 19.8 Å². The molecule has 0 saturated carbocycles. The SMILES string of the molecule is CCOc1cc(NC(=O)C2(OC)CCNCC2)ccc1OC. The van der Waals surface area contributed by atoms with Gasteiger partial charge in [-0.1, -0.05) is 0 Å². The van der Waals surface area contributed by atoms with Crippen LogP contribution >= 0.6 is 0 Å². The Labute approximate surface area is 131 Å². The van der Waals surface area contributed by atoms with Gasteiger partial charge in [-0.3, -0.25) is 4.79 Å². The van der Waals surface area contributed by atoms with Crippen molar-refractivity contribution in [1.29, 1.82) is 0 Å². The van der Waals surface area contributed by atoms with E-state index >= 15 is 0 Å². The zero-order chi connectivity index (χ0) is 16.0. The molecule has 0 radical (unpaired) electrons. The van der Waals surface area contributed by atoms with Crippen molar-refractivity contribution in [2.75, 3.05) is 39.2 Å². The van der Waals surface area contributed by atoms with E-state index in [-0.39, 0.29) is 5.91 Å². The molecule has 2 rings (SSSR count). The first-order valence-corrected chi connectivity index (χ1v) is 7.53. The maximum Gasteiger partial charge on any atom is 0.256 e. The highest BCUT2D eigenvalue weighted by Crippen LogP contribution is 2.31. The molecule has 2 N–H and O–H groups in total. The predicted octanol–water partition coefficient (Wildman–Crippen LogP) is 1.80. The molecular weight excluding hydrogens is 284 g/mol. The Hall–Kier alpha value is -1.79. The van der Waals surface area contributed by atoms with Gasteiger partial charge in [0.05, 0.1) is 13.7 Å². The van der Waals surface area contributed by atoms with E-state index in [1.54, 1.807) is 32.4 Å². The van der Waals surface area contributed by atoms with E-state index in [1.807, 2.05) is 6.92 Å². The molecule has 1 aliphatic heterocycles. The van der Waals surface area contributed by atoms with Crippen molar-refractivity contribution < 1.29 is 19.0 Å². The first-order valence-electron chi connectivity index (χ1n) is 7.53. The second-order valence-electron chi connectivity index (χ2n) is 5.20. The lowest BCUT2D eigenvalue weighted by atomic mass is 9.91. The van der Waals surface area contributed by atoms with Crippen LogP contribution in [0.5, 0.6) is 11.5 Å². The summed E-state index contributed by atoms with van der Waals surface area (Å²) in [5, 5.41) is 6.16. The van der Waals surface area contributed by atoms with Crippen LogP contribution in [0.25, 0.3) is 0 Å². The quantitative estimate of drug-likeness (QED) is 0.839. The number of ether oxygens (including phenoxy) is 3. The number of piperidine rings is 1. The third-order valence-corrected chi connectivity index (χ3v) is 3.94. The number of rotatable bonds is 6. The Bertz CT molecular complexity index is 513. The van der Waals surface area contributed by atoms with Crippen LogP contribution < -0.4 is 20.1 Å². The third kappa shape index (κ3) is 3.51. The molecule has 0 atom stereocenters. The summed E-state index contributed by atoms with van der Waals surface area (Å²) < 4.78 is 16.3. The van der Waals surface area contributed by atoms with Gasteiger partial charge < -0.3 is 24.8 Å². The minimum Gasteiger partial charge on any atom is -0.493 e. The highest BCUT2D eigenvalue weighted by atomic mass is 16.5. The van der Waals surface area contributed by atoms with E-state index < -0.39 is 5.60 Å². The first-order chi connectivity index (χ1) is 10.6. The maximum atomic E-state index is 12.6. The van der Waals surface area contributed by atoms with Gasteiger partial charge in [0.2, 0.25) is 0 Å². The smallest absolute Gasteiger partial charge is 0.256 e. The number of methoxy groups -OCH3 is 2. The molecule has 0 unspecified atom stereocenters. The Morgan fingerprint density at radius 3 is 2.59 bits per heavy atom. The summed E-state index contributed by atoms with van der Waals surface area (Å²) >= 11 is 0. The molecule has 0 bridgehead atoms. The van der Waals surface area contributed by atoms with Gasteiger partial charge in [0.15, 0.2) is 11.5 Å². The van der Waals surface area contributed by atoms with Gasteiger partial charge in [-0.2, -0.15) is 0 Å². The number of nitrogens with one attached hydrogen (secondary N) is 2. The fourth-order valence-electron chi connectivity index (χ4n) is 2.62. The summed E-state index contributed by atoms with van der Waals surface area (Å²) in [4.78, 5) is 12.6. The Balaban J connectivity index is 2.15. The van der Waals surface area contributed by atoms with E-state index in [4.69, 9.17) is 14.2 Å². The minimum absolute atomic E-state index is 0.121. The van der Waals surface area contributed by atoms with Crippen LogP contribution in [0.4, 0.5) is 5.69 Å². The molecular formula is C16H24N2O4. The zero-order valence-electron chi connectivity index (χ0n) is 13.4. The molecule has 0 aromatic heterocycles.